The molecule has 2 N–H and O–H groups in total. The summed E-state index contributed by atoms with van der Waals surface area (Å²) in [6.07, 6.45) is 3.68. The molecular formula is C15H21NO3S. The van der Waals surface area contributed by atoms with Gasteiger partial charge in [-0.1, -0.05) is 12.8 Å². The van der Waals surface area contributed by atoms with E-state index in [1.54, 1.807) is 7.11 Å². The first-order valence-corrected chi connectivity index (χ1v) is 7.86. The predicted octanol–water partition coefficient (Wildman–Crippen LogP) is 2.21. The standard InChI is InChI=1S/C15H21NO3S/c1-19-12-4-6-13(7-5-12)20-10-14(17)16-11-15(18)8-2-3-9-15/h4-7,18H,2-3,8-11H2,1H3,(H,16,17). The van der Waals surface area contributed by atoms with Crippen molar-refractivity contribution >= 4 is 17.7 Å². The number of hydrogen-bond acceptors (Lipinski definition) is 4. The van der Waals surface area contributed by atoms with Crippen LogP contribution in [0.4, 0.5) is 0 Å². The van der Waals surface area contributed by atoms with Crippen LogP contribution in [0.25, 0.3) is 0 Å². The molecular weight excluding hydrogens is 274 g/mol. The van der Waals surface area contributed by atoms with E-state index in [0.717, 1.165) is 36.3 Å². The molecule has 2 rings (SSSR count). The van der Waals surface area contributed by atoms with Crippen molar-refractivity contribution in [2.45, 2.75) is 36.2 Å². The summed E-state index contributed by atoms with van der Waals surface area (Å²) in [5.41, 5.74) is -0.680. The lowest BCUT2D eigenvalue weighted by Crippen LogP contribution is -2.41. The van der Waals surface area contributed by atoms with Gasteiger partial charge in [0.1, 0.15) is 5.75 Å². The molecule has 1 saturated carbocycles. The fourth-order valence-electron chi connectivity index (χ4n) is 2.34. The van der Waals surface area contributed by atoms with Gasteiger partial charge in [0.15, 0.2) is 0 Å². The molecule has 0 aromatic heterocycles. The smallest absolute Gasteiger partial charge is 0.230 e. The van der Waals surface area contributed by atoms with Gasteiger partial charge in [-0.3, -0.25) is 4.79 Å². The summed E-state index contributed by atoms with van der Waals surface area (Å²) in [7, 11) is 1.63. The average molecular weight is 295 g/mol. The lowest BCUT2D eigenvalue weighted by molar-refractivity contribution is -0.119. The number of rotatable bonds is 6. The highest BCUT2D eigenvalue weighted by atomic mass is 32.2. The van der Waals surface area contributed by atoms with E-state index < -0.39 is 5.60 Å². The van der Waals surface area contributed by atoms with E-state index in [-0.39, 0.29) is 5.91 Å². The second kappa shape index (κ2) is 6.99. The van der Waals surface area contributed by atoms with Crippen LogP contribution in [0.15, 0.2) is 29.2 Å². The summed E-state index contributed by atoms with van der Waals surface area (Å²) < 4.78 is 5.09. The Morgan fingerprint density at radius 1 is 1.35 bits per heavy atom. The number of carbonyl (C=O) groups excluding carboxylic acids is 1. The van der Waals surface area contributed by atoms with E-state index in [9.17, 15) is 9.90 Å². The first kappa shape index (κ1) is 15.2. The Kier molecular flexibility index (Phi) is 5.31. The fraction of sp³-hybridized carbons (Fsp3) is 0.533. The van der Waals surface area contributed by atoms with Crippen LogP contribution >= 0.6 is 11.8 Å². The maximum absolute atomic E-state index is 11.8. The lowest BCUT2D eigenvalue weighted by Gasteiger charge is -2.22. The van der Waals surface area contributed by atoms with Crippen molar-refractivity contribution in [1.29, 1.82) is 0 Å². The average Bonchev–Trinajstić information content (AvgIpc) is 2.91. The topological polar surface area (TPSA) is 58.6 Å². The molecule has 1 fully saturated rings. The number of thioether (sulfide) groups is 1. The molecule has 110 valence electrons. The molecule has 0 radical (unpaired) electrons. The Morgan fingerprint density at radius 2 is 2.00 bits per heavy atom. The molecule has 0 spiro atoms. The second-order valence-corrected chi connectivity index (χ2v) is 6.22. The maximum atomic E-state index is 11.8. The van der Waals surface area contributed by atoms with Gasteiger partial charge in [-0.05, 0) is 37.1 Å². The molecule has 1 aromatic rings. The maximum Gasteiger partial charge on any atom is 0.230 e. The summed E-state index contributed by atoms with van der Waals surface area (Å²) in [6, 6.07) is 7.62. The Labute approximate surface area is 123 Å². The SMILES string of the molecule is COc1ccc(SCC(=O)NCC2(O)CCCC2)cc1. The number of ether oxygens (including phenoxy) is 1. The Bertz CT molecular complexity index is 441. The molecule has 0 saturated heterocycles. The summed E-state index contributed by atoms with van der Waals surface area (Å²) in [6.45, 7) is 0.370. The van der Waals surface area contributed by atoms with Crippen LogP contribution in [0.2, 0.25) is 0 Å². The van der Waals surface area contributed by atoms with Crippen LogP contribution in [0.3, 0.4) is 0 Å². The number of hydrogen-bond donors (Lipinski definition) is 2. The zero-order valence-corrected chi connectivity index (χ0v) is 12.5. The van der Waals surface area contributed by atoms with E-state index in [0.29, 0.717) is 12.3 Å². The molecule has 1 aliphatic carbocycles. The second-order valence-electron chi connectivity index (χ2n) is 5.17. The Morgan fingerprint density at radius 3 is 2.60 bits per heavy atom. The van der Waals surface area contributed by atoms with Crippen molar-refractivity contribution in [2.75, 3.05) is 19.4 Å². The zero-order chi connectivity index (χ0) is 14.4. The molecule has 1 aromatic carbocycles. The summed E-state index contributed by atoms with van der Waals surface area (Å²) in [5, 5.41) is 13.0. The Balaban J connectivity index is 1.71. The highest BCUT2D eigenvalue weighted by molar-refractivity contribution is 8.00. The summed E-state index contributed by atoms with van der Waals surface area (Å²) in [4.78, 5) is 12.8. The zero-order valence-electron chi connectivity index (χ0n) is 11.7. The monoisotopic (exact) mass is 295 g/mol. The summed E-state index contributed by atoms with van der Waals surface area (Å²) in [5.74, 6) is 1.14. The Hall–Kier alpha value is -1.20. The third-order valence-corrected chi connectivity index (χ3v) is 4.59. The summed E-state index contributed by atoms with van der Waals surface area (Å²) >= 11 is 1.48. The quantitative estimate of drug-likeness (QED) is 0.790. The van der Waals surface area contributed by atoms with Crippen LogP contribution in [0.1, 0.15) is 25.7 Å². The molecule has 0 heterocycles. The van der Waals surface area contributed by atoms with Crippen LogP contribution < -0.4 is 10.1 Å². The van der Waals surface area contributed by atoms with Crippen LogP contribution in [0.5, 0.6) is 5.75 Å². The molecule has 4 nitrogen and oxygen atoms in total. The van der Waals surface area contributed by atoms with Gasteiger partial charge in [-0.25, -0.2) is 0 Å². The van der Waals surface area contributed by atoms with Crippen molar-refractivity contribution in [3.05, 3.63) is 24.3 Å². The molecule has 0 aliphatic heterocycles. The van der Waals surface area contributed by atoms with E-state index in [4.69, 9.17) is 4.74 Å². The number of amides is 1. The normalized spacial score (nSPS) is 16.9. The number of nitrogens with one attached hydrogen (secondary N) is 1. The van der Waals surface area contributed by atoms with Crippen molar-refractivity contribution in [1.82, 2.24) is 5.32 Å². The number of methoxy groups -OCH3 is 1. The van der Waals surface area contributed by atoms with Gasteiger partial charge in [-0.2, -0.15) is 0 Å². The molecule has 1 amide bonds. The van der Waals surface area contributed by atoms with E-state index >= 15 is 0 Å². The van der Waals surface area contributed by atoms with Gasteiger partial charge in [0.25, 0.3) is 0 Å². The third-order valence-electron chi connectivity index (χ3n) is 3.58. The van der Waals surface area contributed by atoms with E-state index in [2.05, 4.69) is 5.32 Å². The molecule has 0 bridgehead atoms. The third kappa shape index (κ3) is 4.42. The van der Waals surface area contributed by atoms with Crippen molar-refractivity contribution in [3.63, 3.8) is 0 Å². The van der Waals surface area contributed by atoms with Gasteiger partial charge in [0.05, 0.1) is 18.5 Å². The van der Waals surface area contributed by atoms with Gasteiger partial charge in [0.2, 0.25) is 5.91 Å². The van der Waals surface area contributed by atoms with Crippen molar-refractivity contribution < 1.29 is 14.6 Å². The van der Waals surface area contributed by atoms with Crippen LogP contribution in [-0.4, -0.2) is 36.0 Å². The van der Waals surface area contributed by atoms with Gasteiger partial charge < -0.3 is 15.2 Å². The molecule has 5 heteroatoms. The van der Waals surface area contributed by atoms with Gasteiger partial charge >= 0.3 is 0 Å². The number of benzene rings is 1. The molecule has 0 atom stereocenters. The minimum Gasteiger partial charge on any atom is -0.497 e. The highest BCUT2D eigenvalue weighted by Gasteiger charge is 2.31. The fourth-order valence-corrected chi connectivity index (χ4v) is 3.07. The van der Waals surface area contributed by atoms with Gasteiger partial charge in [-0.15, -0.1) is 11.8 Å². The number of carbonyl (C=O) groups is 1. The molecule has 0 unspecified atom stereocenters. The van der Waals surface area contributed by atoms with Crippen LogP contribution in [0, 0.1) is 0 Å². The lowest BCUT2D eigenvalue weighted by atomic mass is 10.0. The van der Waals surface area contributed by atoms with Crippen molar-refractivity contribution in [3.8, 4) is 5.75 Å². The minimum absolute atomic E-state index is 0.0360. The number of aliphatic hydroxyl groups is 1. The minimum atomic E-state index is -0.680. The predicted molar refractivity (Wildman–Crippen MR) is 80.1 cm³/mol. The van der Waals surface area contributed by atoms with Crippen LogP contribution in [-0.2, 0) is 4.79 Å². The highest BCUT2D eigenvalue weighted by Crippen LogP contribution is 2.28. The molecule has 1 aliphatic rings. The first-order valence-electron chi connectivity index (χ1n) is 6.87. The molecule has 20 heavy (non-hydrogen) atoms. The van der Waals surface area contributed by atoms with E-state index in [1.807, 2.05) is 24.3 Å². The van der Waals surface area contributed by atoms with Crippen molar-refractivity contribution in [2.24, 2.45) is 0 Å². The first-order chi connectivity index (χ1) is 9.61. The largest absolute Gasteiger partial charge is 0.497 e. The van der Waals surface area contributed by atoms with E-state index in [1.165, 1.54) is 11.8 Å². The van der Waals surface area contributed by atoms with Gasteiger partial charge in [0, 0.05) is 11.4 Å².